The summed E-state index contributed by atoms with van der Waals surface area (Å²) < 4.78 is 14.2. The molecule has 2 atom stereocenters. The third-order valence-electron chi connectivity index (χ3n) is 6.15. The summed E-state index contributed by atoms with van der Waals surface area (Å²) in [5, 5.41) is 6.14. The van der Waals surface area contributed by atoms with Crippen LogP contribution >= 0.6 is 35.7 Å². The SMILES string of the molecule is CC1=C(C(=O)OCOC(=O)C(C)(C)C)N2C(=O)C(NC(=O)C(=NOCc3ccc(CN)cc3)c3nsc(N)n3)[C@@H]2SC1.Cl. The molecule has 232 valence electrons. The van der Waals surface area contributed by atoms with Gasteiger partial charge in [0, 0.05) is 23.8 Å². The molecule has 1 saturated heterocycles. The number of esters is 2. The van der Waals surface area contributed by atoms with Crippen molar-refractivity contribution in [2.75, 3.05) is 18.3 Å². The summed E-state index contributed by atoms with van der Waals surface area (Å²) in [6.45, 7) is 6.57. The second-order valence-electron chi connectivity index (χ2n) is 10.4. The summed E-state index contributed by atoms with van der Waals surface area (Å²) in [6, 6.07) is 6.39. The molecule has 0 saturated carbocycles. The van der Waals surface area contributed by atoms with Gasteiger partial charge in [-0.15, -0.1) is 24.2 Å². The van der Waals surface area contributed by atoms with Crippen LogP contribution in [-0.4, -0.2) is 67.7 Å². The molecule has 1 fully saturated rings. The molecule has 0 bridgehead atoms. The fourth-order valence-electron chi connectivity index (χ4n) is 3.85. The van der Waals surface area contributed by atoms with Gasteiger partial charge in [0.15, 0.2) is 5.13 Å². The molecule has 43 heavy (non-hydrogen) atoms. The lowest BCUT2D eigenvalue weighted by molar-refractivity contribution is -0.173. The highest BCUT2D eigenvalue weighted by Crippen LogP contribution is 2.40. The Morgan fingerprint density at radius 1 is 1.16 bits per heavy atom. The Bertz CT molecular complexity index is 1440. The Morgan fingerprint density at radius 3 is 2.44 bits per heavy atom. The Labute approximate surface area is 262 Å². The van der Waals surface area contributed by atoms with E-state index in [1.165, 1.54) is 16.7 Å². The van der Waals surface area contributed by atoms with Gasteiger partial charge in [0.1, 0.15) is 23.7 Å². The molecule has 3 heterocycles. The number of nitrogens with zero attached hydrogens (tertiary/aromatic N) is 4. The number of ether oxygens (including phenoxy) is 2. The van der Waals surface area contributed by atoms with E-state index in [1.807, 2.05) is 24.3 Å². The number of amides is 2. The van der Waals surface area contributed by atoms with E-state index in [-0.39, 0.29) is 41.4 Å². The van der Waals surface area contributed by atoms with E-state index in [4.69, 9.17) is 25.8 Å². The molecule has 2 aliphatic heterocycles. The Morgan fingerprint density at radius 2 is 1.84 bits per heavy atom. The number of benzene rings is 1. The number of β-lactam (4-membered cyclic amide) rings is 1. The van der Waals surface area contributed by atoms with Crippen molar-refractivity contribution >= 4 is 70.3 Å². The lowest BCUT2D eigenvalue weighted by Crippen LogP contribution is -2.71. The zero-order chi connectivity index (χ0) is 30.6. The molecular weight excluding hydrogens is 622 g/mol. The van der Waals surface area contributed by atoms with E-state index >= 15 is 0 Å². The van der Waals surface area contributed by atoms with Crippen molar-refractivity contribution in [2.45, 2.75) is 52.3 Å². The first-order valence-corrected chi connectivity index (χ1v) is 14.6. The van der Waals surface area contributed by atoms with Gasteiger partial charge in [-0.05, 0) is 44.4 Å². The first-order valence-electron chi connectivity index (χ1n) is 12.8. The van der Waals surface area contributed by atoms with Crippen molar-refractivity contribution in [1.29, 1.82) is 0 Å². The molecule has 17 heteroatoms. The van der Waals surface area contributed by atoms with E-state index in [1.54, 1.807) is 27.7 Å². The fourth-order valence-corrected chi connectivity index (χ4v) is 5.58. The van der Waals surface area contributed by atoms with Crippen LogP contribution in [0.5, 0.6) is 0 Å². The quantitative estimate of drug-likeness (QED) is 0.110. The van der Waals surface area contributed by atoms with Crippen LogP contribution in [0.2, 0.25) is 0 Å². The monoisotopic (exact) mass is 653 g/mol. The Kier molecular flexibility index (Phi) is 11.1. The van der Waals surface area contributed by atoms with Crippen LogP contribution in [0.25, 0.3) is 0 Å². The van der Waals surface area contributed by atoms with Gasteiger partial charge < -0.3 is 31.1 Å². The van der Waals surface area contributed by atoms with E-state index < -0.39 is 47.4 Å². The van der Waals surface area contributed by atoms with Gasteiger partial charge in [0.25, 0.3) is 11.8 Å². The maximum atomic E-state index is 13.3. The lowest BCUT2D eigenvalue weighted by Gasteiger charge is -2.49. The Hall–Kier alpha value is -3.73. The molecular formula is C26H32ClN7O7S2. The molecule has 4 rings (SSSR count). The number of rotatable bonds is 10. The summed E-state index contributed by atoms with van der Waals surface area (Å²) in [5.41, 5.74) is 12.7. The summed E-state index contributed by atoms with van der Waals surface area (Å²) >= 11 is 2.24. The first kappa shape index (κ1) is 33.8. The van der Waals surface area contributed by atoms with Crippen molar-refractivity contribution < 1.29 is 33.5 Å². The topological polar surface area (TPSA) is 201 Å². The van der Waals surface area contributed by atoms with E-state index in [2.05, 4.69) is 19.8 Å². The fraction of sp³-hybridized carbons (Fsp3) is 0.423. The molecule has 2 aromatic rings. The normalized spacial score (nSPS) is 18.2. The molecule has 0 aliphatic carbocycles. The highest BCUT2D eigenvalue weighted by Gasteiger charge is 2.54. The molecule has 1 aromatic heterocycles. The molecule has 2 aliphatic rings. The number of thioether (sulfide) groups is 1. The molecule has 5 N–H and O–H groups in total. The third-order valence-corrected chi connectivity index (χ3v) is 8.11. The minimum absolute atomic E-state index is 0. The van der Waals surface area contributed by atoms with Gasteiger partial charge in [-0.25, -0.2) is 4.79 Å². The predicted molar refractivity (Wildman–Crippen MR) is 161 cm³/mol. The second-order valence-corrected chi connectivity index (χ2v) is 12.3. The lowest BCUT2D eigenvalue weighted by atomic mass is 9.98. The average molecular weight is 654 g/mol. The number of nitrogens with two attached hydrogens (primary N) is 2. The number of fused-ring (bicyclic) bond motifs is 1. The number of anilines is 1. The van der Waals surface area contributed by atoms with E-state index in [0.29, 0.717) is 17.9 Å². The highest BCUT2D eigenvalue weighted by molar-refractivity contribution is 8.00. The van der Waals surface area contributed by atoms with Crippen molar-refractivity contribution in [3.8, 4) is 0 Å². The van der Waals surface area contributed by atoms with Gasteiger partial charge >= 0.3 is 11.9 Å². The number of hydrogen-bond donors (Lipinski definition) is 3. The number of halogens is 1. The number of aromatic nitrogens is 2. The largest absolute Gasteiger partial charge is 0.427 e. The number of hydrogen-bond acceptors (Lipinski definition) is 14. The van der Waals surface area contributed by atoms with E-state index in [9.17, 15) is 19.2 Å². The van der Waals surface area contributed by atoms with E-state index in [0.717, 1.165) is 22.7 Å². The van der Waals surface area contributed by atoms with Crippen LogP contribution in [0.4, 0.5) is 5.13 Å². The zero-order valence-corrected chi connectivity index (χ0v) is 26.3. The summed E-state index contributed by atoms with van der Waals surface area (Å²) in [7, 11) is 0. The zero-order valence-electron chi connectivity index (χ0n) is 23.8. The van der Waals surface area contributed by atoms with Crippen molar-refractivity contribution in [1.82, 2.24) is 19.6 Å². The number of nitrogens with one attached hydrogen (secondary N) is 1. The Balaban J connectivity index is 0.00000506. The molecule has 1 aromatic carbocycles. The van der Waals surface area contributed by atoms with Gasteiger partial charge in [-0.2, -0.15) is 9.36 Å². The van der Waals surface area contributed by atoms with Crippen LogP contribution in [0.15, 0.2) is 40.7 Å². The minimum Gasteiger partial charge on any atom is -0.427 e. The van der Waals surface area contributed by atoms with Crippen LogP contribution in [0, 0.1) is 5.41 Å². The summed E-state index contributed by atoms with van der Waals surface area (Å²) in [5.74, 6) is -2.28. The standard InChI is InChI=1S/C26H31N7O7S2.ClH/c1-13-11-41-22-17(21(35)33(22)18(13)23(36)38-12-39-24(37)26(2,3)4)29-20(34)16(19-30-25(28)42-32-19)31-40-10-15-7-5-14(9-27)6-8-15;/h5-8,17,22H,9-12,27H2,1-4H3,(H,29,34)(H2,28,30,32);1H/t17?,22-;/m0./s1. The third kappa shape index (κ3) is 7.81. The van der Waals surface area contributed by atoms with Gasteiger partial charge in [0.2, 0.25) is 18.3 Å². The molecule has 0 spiro atoms. The highest BCUT2D eigenvalue weighted by atomic mass is 35.5. The van der Waals surface area contributed by atoms with Crippen LogP contribution in [0.3, 0.4) is 0 Å². The maximum Gasteiger partial charge on any atom is 0.357 e. The average Bonchev–Trinajstić information content (AvgIpc) is 3.38. The van der Waals surface area contributed by atoms with Crippen molar-refractivity contribution in [3.05, 3.63) is 52.5 Å². The first-order chi connectivity index (χ1) is 19.9. The number of nitrogen functional groups attached to an aromatic ring is 1. The number of carbonyl (C=O) groups excluding carboxylic acids is 4. The number of carbonyl (C=O) groups is 4. The summed E-state index contributed by atoms with van der Waals surface area (Å²) in [6.07, 6.45) is 0. The van der Waals surface area contributed by atoms with Crippen LogP contribution in [-0.2, 0) is 46.6 Å². The molecule has 0 radical (unpaired) electrons. The molecule has 2 amide bonds. The number of oxime groups is 1. The predicted octanol–water partition coefficient (Wildman–Crippen LogP) is 1.69. The minimum atomic E-state index is -0.970. The summed E-state index contributed by atoms with van der Waals surface area (Å²) in [4.78, 5) is 62.0. The van der Waals surface area contributed by atoms with Crippen molar-refractivity contribution in [3.63, 3.8) is 0 Å². The van der Waals surface area contributed by atoms with Crippen LogP contribution < -0.4 is 16.8 Å². The smallest absolute Gasteiger partial charge is 0.357 e. The van der Waals surface area contributed by atoms with Gasteiger partial charge in [-0.1, -0.05) is 29.4 Å². The maximum absolute atomic E-state index is 13.3. The van der Waals surface area contributed by atoms with Gasteiger partial charge in [-0.3, -0.25) is 19.3 Å². The second kappa shape index (κ2) is 14.2. The molecule has 14 nitrogen and oxygen atoms in total. The van der Waals surface area contributed by atoms with Gasteiger partial charge in [0.05, 0.1) is 5.41 Å². The van der Waals surface area contributed by atoms with Crippen LogP contribution in [0.1, 0.15) is 44.6 Å². The molecule has 1 unspecified atom stereocenters. The van der Waals surface area contributed by atoms with Crippen molar-refractivity contribution in [2.24, 2.45) is 16.3 Å².